The monoisotopic (exact) mass is 308 g/mol. The summed E-state index contributed by atoms with van der Waals surface area (Å²) in [5, 5.41) is 2.80. The third kappa shape index (κ3) is 3.81. The average Bonchev–Trinajstić information content (AvgIpc) is 2.84. The van der Waals surface area contributed by atoms with Crippen LogP contribution >= 0.6 is 0 Å². The fourth-order valence-electron chi connectivity index (χ4n) is 2.19. The van der Waals surface area contributed by atoms with E-state index < -0.39 is 0 Å². The van der Waals surface area contributed by atoms with Crippen molar-refractivity contribution < 1.29 is 23.8 Å². The lowest BCUT2D eigenvalue weighted by Crippen LogP contribution is -2.28. The lowest BCUT2D eigenvalue weighted by Gasteiger charge is -2.11. The van der Waals surface area contributed by atoms with Crippen molar-refractivity contribution in [2.24, 2.45) is 0 Å². The highest BCUT2D eigenvalue weighted by Gasteiger charge is 2.27. The Morgan fingerprint density at radius 1 is 1.32 bits per heavy atom. The maximum absolute atomic E-state index is 12.1. The van der Waals surface area contributed by atoms with E-state index in [4.69, 9.17) is 14.2 Å². The molecule has 1 aromatic rings. The Morgan fingerprint density at radius 3 is 2.45 bits per heavy atom. The molecule has 0 aromatic heterocycles. The van der Waals surface area contributed by atoms with Crippen LogP contribution in [0.4, 0.5) is 4.79 Å². The molecular formula is C15H20N2O5. The number of amides is 2. The second-order valence-electron chi connectivity index (χ2n) is 5.03. The number of carbonyl (C=O) groups is 2. The molecule has 1 aromatic carbocycles. The van der Waals surface area contributed by atoms with Crippen molar-refractivity contribution in [3.63, 3.8) is 0 Å². The molecule has 1 aliphatic rings. The quantitative estimate of drug-likeness (QED) is 0.856. The lowest BCUT2D eigenvalue weighted by atomic mass is 10.1. The number of likely N-dealkylation sites (N-methyl/N-ethyl adjacent to an activating group) is 1. The molecule has 7 heteroatoms. The van der Waals surface area contributed by atoms with Crippen LogP contribution in [-0.4, -0.2) is 57.4 Å². The first-order valence-electron chi connectivity index (χ1n) is 6.96. The molecule has 1 saturated heterocycles. The Labute approximate surface area is 129 Å². The predicted molar refractivity (Wildman–Crippen MR) is 79.4 cm³/mol. The van der Waals surface area contributed by atoms with E-state index in [1.807, 2.05) is 0 Å². The molecule has 1 aliphatic heterocycles. The molecule has 1 N–H and O–H groups in total. The van der Waals surface area contributed by atoms with Crippen LogP contribution in [0.5, 0.6) is 11.5 Å². The van der Waals surface area contributed by atoms with Gasteiger partial charge in [0.15, 0.2) is 0 Å². The van der Waals surface area contributed by atoms with Gasteiger partial charge < -0.3 is 24.4 Å². The number of nitrogens with zero attached hydrogens (tertiary/aromatic N) is 1. The minimum atomic E-state index is -0.325. The molecule has 1 fully saturated rings. The summed E-state index contributed by atoms with van der Waals surface area (Å²) in [6.45, 7) is 0.964. The lowest BCUT2D eigenvalue weighted by molar-refractivity contribution is 0.0943. The Kier molecular flexibility index (Phi) is 5.08. The molecule has 120 valence electrons. The van der Waals surface area contributed by atoms with E-state index in [1.54, 1.807) is 25.2 Å². The molecule has 2 amide bonds. The predicted octanol–water partition coefficient (Wildman–Crippen LogP) is 1.27. The van der Waals surface area contributed by atoms with E-state index in [0.717, 1.165) is 0 Å². The Morgan fingerprint density at radius 2 is 1.95 bits per heavy atom. The van der Waals surface area contributed by atoms with Crippen LogP contribution in [-0.2, 0) is 4.74 Å². The van der Waals surface area contributed by atoms with E-state index in [9.17, 15) is 9.59 Å². The number of cyclic esters (lactones) is 1. The number of benzene rings is 1. The van der Waals surface area contributed by atoms with Crippen molar-refractivity contribution >= 4 is 12.0 Å². The summed E-state index contributed by atoms with van der Waals surface area (Å²) >= 11 is 0. The summed E-state index contributed by atoms with van der Waals surface area (Å²) in [5.41, 5.74) is 0.455. The van der Waals surface area contributed by atoms with Gasteiger partial charge in [-0.2, -0.15) is 0 Å². The standard InChI is InChI=1S/C15H20N2O5/c1-17-9-11(22-15(17)19)4-5-16-14(18)10-6-12(20-2)8-13(7-10)21-3/h6-8,11H,4-5,9H2,1-3H3,(H,16,18). The van der Waals surface area contributed by atoms with Gasteiger partial charge in [0.05, 0.1) is 20.8 Å². The molecule has 1 heterocycles. The zero-order valence-electron chi connectivity index (χ0n) is 12.9. The van der Waals surface area contributed by atoms with E-state index in [-0.39, 0.29) is 18.1 Å². The summed E-state index contributed by atoms with van der Waals surface area (Å²) in [4.78, 5) is 24.9. The first-order chi connectivity index (χ1) is 10.5. The van der Waals surface area contributed by atoms with Gasteiger partial charge in [-0.25, -0.2) is 4.79 Å². The van der Waals surface area contributed by atoms with Crippen LogP contribution < -0.4 is 14.8 Å². The fraction of sp³-hybridized carbons (Fsp3) is 0.467. The topological polar surface area (TPSA) is 77.1 Å². The van der Waals surface area contributed by atoms with E-state index in [2.05, 4.69) is 5.32 Å². The van der Waals surface area contributed by atoms with Gasteiger partial charge >= 0.3 is 6.09 Å². The van der Waals surface area contributed by atoms with Gasteiger partial charge in [0.25, 0.3) is 5.91 Å². The number of hydrogen-bond acceptors (Lipinski definition) is 5. The SMILES string of the molecule is COc1cc(OC)cc(C(=O)NCCC2CN(C)C(=O)O2)c1. The van der Waals surface area contributed by atoms with Crippen molar-refractivity contribution in [2.45, 2.75) is 12.5 Å². The maximum Gasteiger partial charge on any atom is 0.409 e. The largest absolute Gasteiger partial charge is 0.497 e. The number of carbonyl (C=O) groups excluding carboxylic acids is 2. The normalized spacial score (nSPS) is 17.1. The van der Waals surface area contributed by atoms with E-state index in [1.165, 1.54) is 19.1 Å². The second kappa shape index (κ2) is 7.02. The molecule has 7 nitrogen and oxygen atoms in total. The smallest absolute Gasteiger partial charge is 0.409 e. The van der Waals surface area contributed by atoms with Gasteiger partial charge in [-0.15, -0.1) is 0 Å². The van der Waals surface area contributed by atoms with Crippen LogP contribution in [0, 0.1) is 0 Å². The second-order valence-corrected chi connectivity index (χ2v) is 5.03. The molecular weight excluding hydrogens is 288 g/mol. The Hall–Kier alpha value is -2.44. The summed E-state index contributed by atoms with van der Waals surface area (Å²) in [7, 11) is 4.74. The number of ether oxygens (including phenoxy) is 3. The van der Waals surface area contributed by atoms with Gasteiger partial charge in [-0.3, -0.25) is 4.79 Å². The van der Waals surface area contributed by atoms with E-state index in [0.29, 0.717) is 36.6 Å². The van der Waals surface area contributed by atoms with Crippen LogP contribution in [0.15, 0.2) is 18.2 Å². The van der Waals surface area contributed by atoms with Gasteiger partial charge in [-0.1, -0.05) is 0 Å². The van der Waals surface area contributed by atoms with Crippen molar-refractivity contribution in [1.82, 2.24) is 10.2 Å². The van der Waals surface area contributed by atoms with Crippen molar-refractivity contribution in [1.29, 1.82) is 0 Å². The van der Waals surface area contributed by atoms with Gasteiger partial charge in [0, 0.05) is 31.6 Å². The first-order valence-corrected chi connectivity index (χ1v) is 6.96. The third-order valence-electron chi connectivity index (χ3n) is 3.42. The molecule has 2 rings (SSSR count). The van der Waals surface area contributed by atoms with Crippen LogP contribution in [0.1, 0.15) is 16.8 Å². The molecule has 0 spiro atoms. The minimum Gasteiger partial charge on any atom is -0.497 e. The Balaban J connectivity index is 1.88. The number of methoxy groups -OCH3 is 2. The van der Waals surface area contributed by atoms with Crippen molar-refractivity contribution in [3.05, 3.63) is 23.8 Å². The number of nitrogens with one attached hydrogen (secondary N) is 1. The van der Waals surface area contributed by atoms with Crippen LogP contribution in [0.2, 0.25) is 0 Å². The van der Waals surface area contributed by atoms with Gasteiger partial charge in [0.2, 0.25) is 0 Å². The van der Waals surface area contributed by atoms with Crippen LogP contribution in [0.3, 0.4) is 0 Å². The minimum absolute atomic E-state index is 0.183. The zero-order chi connectivity index (χ0) is 16.1. The molecule has 1 atom stereocenters. The molecule has 0 saturated carbocycles. The van der Waals surface area contributed by atoms with Gasteiger partial charge in [-0.05, 0) is 12.1 Å². The highest BCUT2D eigenvalue weighted by Crippen LogP contribution is 2.22. The molecule has 0 aliphatic carbocycles. The highest BCUT2D eigenvalue weighted by atomic mass is 16.6. The van der Waals surface area contributed by atoms with Crippen molar-refractivity contribution in [3.8, 4) is 11.5 Å². The van der Waals surface area contributed by atoms with Crippen molar-refractivity contribution in [2.75, 3.05) is 34.4 Å². The molecule has 1 unspecified atom stereocenters. The zero-order valence-corrected chi connectivity index (χ0v) is 12.9. The molecule has 0 radical (unpaired) electrons. The van der Waals surface area contributed by atoms with Gasteiger partial charge in [0.1, 0.15) is 17.6 Å². The summed E-state index contributed by atoms with van der Waals surface area (Å²) in [6, 6.07) is 4.98. The summed E-state index contributed by atoms with van der Waals surface area (Å²) in [6.07, 6.45) is 0.0645. The fourth-order valence-corrected chi connectivity index (χ4v) is 2.19. The van der Waals surface area contributed by atoms with E-state index >= 15 is 0 Å². The number of hydrogen-bond donors (Lipinski definition) is 1. The maximum atomic E-state index is 12.1. The number of rotatable bonds is 6. The Bertz CT molecular complexity index is 539. The molecule has 0 bridgehead atoms. The highest BCUT2D eigenvalue weighted by molar-refractivity contribution is 5.95. The van der Waals surface area contributed by atoms with Crippen LogP contribution in [0.25, 0.3) is 0 Å². The third-order valence-corrected chi connectivity index (χ3v) is 3.42. The summed E-state index contributed by atoms with van der Waals surface area (Å²) in [5.74, 6) is 0.876. The summed E-state index contributed by atoms with van der Waals surface area (Å²) < 4.78 is 15.4. The average molecular weight is 308 g/mol. The molecule has 22 heavy (non-hydrogen) atoms. The first kappa shape index (κ1) is 15.9.